The summed E-state index contributed by atoms with van der Waals surface area (Å²) >= 11 is 0. The molecule has 0 radical (unpaired) electrons. The number of carbonyl (C=O) groups is 1. The molecule has 1 aliphatic heterocycles. The van der Waals surface area contributed by atoms with Crippen LogP contribution in [0.2, 0.25) is 0 Å². The second kappa shape index (κ2) is 7.28. The monoisotopic (exact) mass is 318 g/mol. The number of anilines is 1. The Morgan fingerprint density at radius 2 is 1.96 bits per heavy atom. The molecule has 0 bridgehead atoms. The molecule has 0 atom stereocenters. The normalized spacial score (nSPS) is 16.5. The highest BCUT2D eigenvalue weighted by Crippen LogP contribution is 2.24. The van der Waals surface area contributed by atoms with Gasteiger partial charge in [0.2, 0.25) is 5.91 Å². The molecule has 5 nitrogen and oxygen atoms in total. The van der Waals surface area contributed by atoms with Crippen molar-refractivity contribution in [2.45, 2.75) is 47.0 Å². The summed E-state index contributed by atoms with van der Waals surface area (Å²) in [5.74, 6) is 1.84. The first-order chi connectivity index (χ1) is 10.8. The number of amides is 1. The summed E-state index contributed by atoms with van der Waals surface area (Å²) in [5.41, 5.74) is 0.792. The van der Waals surface area contributed by atoms with E-state index >= 15 is 0 Å². The fraction of sp³-hybridized carbons (Fsp3) is 0.722. The third kappa shape index (κ3) is 4.66. The van der Waals surface area contributed by atoms with Crippen molar-refractivity contribution in [3.8, 4) is 0 Å². The van der Waals surface area contributed by atoms with E-state index in [1.807, 2.05) is 32.7 Å². The molecule has 1 saturated heterocycles. The molecule has 1 amide bonds. The Hall–Kier alpha value is -1.65. The number of carbonyl (C=O) groups excluding carboxylic acids is 1. The van der Waals surface area contributed by atoms with Crippen molar-refractivity contribution in [1.29, 1.82) is 0 Å². The Kier molecular flexibility index (Phi) is 5.60. The van der Waals surface area contributed by atoms with Crippen molar-refractivity contribution in [3.63, 3.8) is 0 Å². The van der Waals surface area contributed by atoms with E-state index in [9.17, 15) is 4.79 Å². The molecule has 128 valence electrons. The topological polar surface area (TPSA) is 49.3 Å². The predicted octanol–water partition coefficient (Wildman–Crippen LogP) is 2.76. The number of rotatable bonds is 4. The lowest BCUT2D eigenvalue weighted by Gasteiger charge is -2.35. The van der Waals surface area contributed by atoms with Gasteiger partial charge in [0.25, 0.3) is 0 Å². The Labute approximate surface area is 140 Å². The van der Waals surface area contributed by atoms with Crippen LogP contribution in [0.1, 0.15) is 46.2 Å². The van der Waals surface area contributed by atoms with Crippen LogP contribution in [0.4, 0.5) is 5.82 Å². The molecule has 1 aliphatic rings. The predicted molar refractivity (Wildman–Crippen MR) is 93.4 cm³/mol. The Morgan fingerprint density at radius 1 is 1.30 bits per heavy atom. The minimum absolute atomic E-state index is 0.225. The highest BCUT2D eigenvalue weighted by molar-refractivity contribution is 5.81. The second-order valence-electron chi connectivity index (χ2n) is 7.59. The molecule has 1 aromatic heterocycles. The van der Waals surface area contributed by atoms with E-state index < -0.39 is 0 Å². The van der Waals surface area contributed by atoms with Crippen LogP contribution >= 0.6 is 0 Å². The number of hydrogen-bond acceptors (Lipinski definition) is 4. The maximum absolute atomic E-state index is 12.3. The quantitative estimate of drug-likeness (QED) is 0.856. The summed E-state index contributed by atoms with van der Waals surface area (Å²) < 4.78 is 0. The first kappa shape index (κ1) is 17.7. The molecular formula is C18H30N4O. The van der Waals surface area contributed by atoms with E-state index in [0.29, 0.717) is 5.92 Å². The minimum Gasteiger partial charge on any atom is -0.356 e. The summed E-state index contributed by atoms with van der Waals surface area (Å²) in [6, 6.07) is 2.09. The lowest BCUT2D eigenvalue weighted by Crippen LogP contribution is -2.43. The standard InChI is InChI=1S/C18H30N4O/c1-6-15-11-16(20-13-19-15)22-9-7-14(8-10-22)12-21(5)17(23)18(2,3)4/h11,13-14H,6-10,12H2,1-5H3. The van der Waals surface area contributed by atoms with Gasteiger partial charge in [-0.15, -0.1) is 0 Å². The smallest absolute Gasteiger partial charge is 0.227 e. The van der Waals surface area contributed by atoms with Crippen molar-refractivity contribution in [1.82, 2.24) is 14.9 Å². The van der Waals surface area contributed by atoms with Crippen LogP contribution in [0, 0.1) is 11.3 Å². The number of aryl methyl sites for hydroxylation is 1. The van der Waals surface area contributed by atoms with E-state index in [1.54, 1.807) is 6.33 Å². The first-order valence-electron chi connectivity index (χ1n) is 8.62. The highest BCUT2D eigenvalue weighted by Gasteiger charge is 2.28. The zero-order valence-corrected chi connectivity index (χ0v) is 15.2. The van der Waals surface area contributed by atoms with Gasteiger partial charge in [-0.3, -0.25) is 4.79 Å². The Bertz CT molecular complexity index is 530. The number of piperidine rings is 1. The van der Waals surface area contributed by atoms with E-state index in [2.05, 4.69) is 27.9 Å². The lowest BCUT2D eigenvalue weighted by atomic mass is 9.92. The molecule has 0 unspecified atom stereocenters. The highest BCUT2D eigenvalue weighted by atomic mass is 16.2. The van der Waals surface area contributed by atoms with Crippen molar-refractivity contribution in [2.75, 3.05) is 31.6 Å². The lowest BCUT2D eigenvalue weighted by molar-refractivity contribution is -0.138. The second-order valence-corrected chi connectivity index (χ2v) is 7.59. The van der Waals surface area contributed by atoms with Gasteiger partial charge in [-0.25, -0.2) is 9.97 Å². The number of aromatic nitrogens is 2. The van der Waals surface area contributed by atoms with Crippen molar-refractivity contribution < 1.29 is 4.79 Å². The van der Waals surface area contributed by atoms with Crippen LogP contribution in [0.3, 0.4) is 0 Å². The molecule has 0 saturated carbocycles. The maximum atomic E-state index is 12.3. The average Bonchev–Trinajstić information content (AvgIpc) is 2.54. The van der Waals surface area contributed by atoms with E-state index in [-0.39, 0.29) is 11.3 Å². The van der Waals surface area contributed by atoms with Gasteiger partial charge >= 0.3 is 0 Å². The van der Waals surface area contributed by atoms with Crippen LogP contribution in [-0.2, 0) is 11.2 Å². The SMILES string of the molecule is CCc1cc(N2CCC(CN(C)C(=O)C(C)(C)C)CC2)ncn1. The molecule has 2 rings (SSSR count). The van der Waals surface area contributed by atoms with Gasteiger partial charge in [-0.1, -0.05) is 27.7 Å². The third-order valence-corrected chi connectivity index (χ3v) is 4.53. The van der Waals surface area contributed by atoms with E-state index in [0.717, 1.165) is 50.4 Å². The third-order valence-electron chi connectivity index (χ3n) is 4.53. The molecule has 0 N–H and O–H groups in total. The zero-order valence-electron chi connectivity index (χ0n) is 15.2. The summed E-state index contributed by atoms with van der Waals surface area (Å²) in [5, 5.41) is 0. The Morgan fingerprint density at radius 3 is 2.52 bits per heavy atom. The van der Waals surface area contributed by atoms with Gasteiger partial charge in [-0.2, -0.15) is 0 Å². The van der Waals surface area contributed by atoms with Gasteiger partial charge in [0.1, 0.15) is 12.1 Å². The summed E-state index contributed by atoms with van der Waals surface area (Å²) in [4.78, 5) is 25.2. The van der Waals surface area contributed by atoms with Crippen molar-refractivity contribution in [3.05, 3.63) is 18.1 Å². The van der Waals surface area contributed by atoms with Crippen molar-refractivity contribution in [2.24, 2.45) is 11.3 Å². The van der Waals surface area contributed by atoms with Gasteiger partial charge in [0.05, 0.1) is 0 Å². The molecule has 0 spiro atoms. The molecule has 1 aromatic rings. The van der Waals surface area contributed by atoms with Crippen LogP contribution in [0.5, 0.6) is 0 Å². The van der Waals surface area contributed by atoms with E-state index in [1.165, 1.54) is 0 Å². The number of hydrogen-bond donors (Lipinski definition) is 0. The summed E-state index contributed by atoms with van der Waals surface area (Å²) in [6.45, 7) is 10.9. The summed E-state index contributed by atoms with van der Waals surface area (Å²) in [7, 11) is 1.93. The molecule has 5 heteroatoms. The molecular weight excluding hydrogens is 288 g/mol. The minimum atomic E-state index is -0.299. The van der Waals surface area contributed by atoms with Crippen molar-refractivity contribution >= 4 is 11.7 Å². The fourth-order valence-corrected chi connectivity index (χ4v) is 3.14. The largest absolute Gasteiger partial charge is 0.356 e. The zero-order chi connectivity index (χ0) is 17.0. The van der Waals surface area contributed by atoms with Gasteiger partial charge in [0.15, 0.2) is 0 Å². The van der Waals surface area contributed by atoms with Crippen LogP contribution in [0.25, 0.3) is 0 Å². The molecule has 23 heavy (non-hydrogen) atoms. The molecule has 2 heterocycles. The van der Waals surface area contributed by atoms with E-state index in [4.69, 9.17) is 0 Å². The fourth-order valence-electron chi connectivity index (χ4n) is 3.14. The van der Waals surface area contributed by atoms with Gasteiger partial charge in [-0.05, 0) is 25.2 Å². The Balaban J connectivity index is 1.87. The molecule has 0 aliphatic carbocycles. The summed E-state index contributed by atoms with van der Waals surface area (Å²) in [6.07, 6.45) is 4.81. The maximum Gasteiger partial charge on any atom is 0.227 e. The van der Waals surface area contributed by atoms with Crippen LogP contribution in [0.15, 0.2) is 12.4 Å². The van der Waals surface area contributed by atoms with Crippen LogP contribution < -0.4 is 4.90 Å². The molecule has 0 aromatic carbocycles. The van der Waals surface area contributed by atoms with Crippen LogP contribution in [-0.4, -0.2) is 47.5 Å². The molecule has 1 fully saturated rings. The van der Waals surface area contributed by atoms with Gasteiger partial charge in [0, 0.05) is 43.9 Å². The number of nitrogens with zero attached hydrogens (tertiary/aromatic N) is 4. The average molecular weight is 318 g/mol. The van der Waals surface area contributed by atoms with Gasteiger partial charge < -0.3 is 9.80 Å². The first-order valence-corrected chi connectivity index (χ1v) is 8.62.